The quantitative estimate of drug-likeness (QED) is 0.903. The number of nitrogens with two attached hydrogens (primary N) is 1. The van der Waals surface area contributed by atoms with Gasteiger partial charge in [-0.3, -0.25) is 9.48 Å². The van der Waals surface area contributed by atoms with Gasteiger partial charge in [0.2, 0.25) is 0 Å². The SMILES string of the molecule is CCOc1cc2nn(C)cc2cc1C(N)=O.Cl. The fourth-order valence-electron chi connectivity index (χ4n) is 1.64. The van der Waals surface area contributed by atoms with Crippen LogP contribution < -0.4 is 10.5 Å². The Morgan fingerprint density at radius 2 is 2.24 bits per heavy atom. The number of benzene rings is 1. The van der Waals surface area contributed by atoms with Crippen molar-refractivity contribution in [1.82, 2.24) is 9.78 Å². The normalized spacial score (nSPS) is 10.0. The summed E-state index contributed by atoms with van der Waals surface area (Å²) in [4.78, 5) is 11.3. The lowest BCUT2D eigenvalue weighted by Crippen LogP contribution is -2.13. The standard InChI is InChI=1S/C11H13N3O2.ClH/c1-3-16-10-5-9-7(6-14(2)13-9)4-8(10)11(12)15;/h4-6H,3H2,1-2H3,(H2,12,15);1H. The van der Waals surface area contributed by atoms with E-state index in [-0.39, 0.29) is 12.4 Å². The summed E-state index contributed by atoms with van der Waals surface area (Å²) in [5, 5.41) is 5.12. The predicted molar refractivity (Wildman–Crippen MR) is 67.6 cm³/mol. The molecule has 17 heavy (non-hydrogen) atoms. The molecular weight excluding hydrogens is 242 g/mol. The molecule has 0 atom stereocenters. The number of hydrogen-bond acceptors (Lipinski definition) is 3. The van der Waals surface area contributed by atoms with Crippen molar-refractivity contribution in [2.45, 2.75) is 6.92 Å². The highest BCUT2D eigenvalue weighted by Gasteiger charge is 2.12. The minimum Gasteiger partial charge on any atom is -0.493 e. The molecule has 0 spiro atoms. The molecule has 6 heteroatoms. The molecule has 0 fully saturated rings. The van der Waals surface area contributed by atoms with E-state index in [4.69, 9.17) is 10.5 Å². The van der Waals surface area contributed by atoms with E-state index in [1.165, 1.54) is 0 Å². The third kappa shape index (κ3) is 2.50. The van der Waals surface area contributed by atoms with Crippen LogP contribution in [0.15, 0.2) is 18.3 Å². The van der Waals surface area contributed by atoms with Crippen LogP contribution in [0.5, 0.6) is 5.75 Å². The first kappa shape index (κ1) is 13.3. The Labute approximate surface area is 105 Å². The lowest BCUT2D eigenvalue weighted by Gasteiger charge is -2.06. The lowest BCUT2D eigenvalue weighted by molar-refractivity contribution is 0.0997. The molecule has 0 unspecified atom stereocenters. The zero-order valence-electron chi connectivity index (χ0n) is 9.64. The second-order valence-electron chi connectivity index (χ2n) is 3.51. The molecule has 5 nitrogen and oxygen atoms in total. The van der Waals surface area contributed by atoms with E-state index >= 15 is 0 Å². The summed E-state index contributed by atoms with van der Waals surface area (Å²) in [6.07, 6.45) is 1.83. The second kappa shape index (κ2) is 5.05. The van der Waals surface area contributed by atoms with Crippen molar-refractivity contribution in [3.63, 3.8) is 0 Å². The van der Waals surface area contributed by atoms with Crippen molar-refractivity contribution in [3.8, 4) is 5.75 Å². The van der Waals surface area contributed by atoms with Gasteiger partial charge in [-0.2, -0.15) is 5.10 Å². The number of ether oxygens (including phenoxy) is 1. The van der Waals surface area contributed by atoms with Gasteiger partial charge in [0.1, 0.15) is 5.75 Å². The lowest BCUT2D eigenvalue weighted by atomic mass is 10.1. The van der Waals surface area contributed by atoms with Crippen LogP contribution >= 0.6 is 12.4 Å². The minimum absolute atomic E-state index is 0. The van der Waals surface area contributed by atoms with Gasteiger partial charge < -0.3 is 10.5 Å². The van der Waals surface area contributed by atoms with Crippen molar-refractivity contribution in [2.24, 2.45) is 12.8 Å². The van der Waals surface area contributed by atoms with Crippen molar-refractivity contribution in [2.75, 3.05) is 6.61 Å². The molecule has 1 amide bonds. The number of carbonyl (C=O) groups excluding carboxylic acids is 1. The van der Waals surface area contributed by atoms with Gasteiger partial charge >= 0.3 is 0 Å². The number of nitrogens with zero attached hydrogens (tertiary/aromatic N) is 2. The summed E-state index contributed by atoms with van der Waals surface area (Å²) in [6.45, 7) is 2.34. The Morgan fingerprint density at radius 3 is 2.82 bits per heavy atom. The van der Waals surface area contributed by atoms with Gasteiger partial charge in [0.15, 0.2) is 0 Å². The average Bonchev–Trinajstić information content (AvgIpc) is 2.56. The summed E-state index contributed by atoms with van der Waals surface area (Å²) in [5.74, 6) is -0.00426. The van der Waals surface area contributed by atoms with Gasteiger partial charge in [0.05, 0.1) is 17.7 Å². The summed E-state index contributed by atoms with van der Waals surface area (Å²) >= 11 is 0. The van der Waals surface area contributed by atoms with E-state index in [9.17, 15) is 4.79 Å². The number of carbonyl (C=O) groups is 1. The second-order valence-corrected chi connectivity index (χ2v) is 3.51. The highest BCUT2D eigenvalue weighted by molar-refractivity contribution is 6.00. The molecule has 1 heterocycles. The molecule has 0 aliphatic rings. The predicted octanol–water partition coefficient (Wildman–Crippen LogP) is 1.49. The molecule has 2 N–H and O–H groups in total. The maximum atomic E-state index is 11.3. The fourth-order valence-corrected chi connectivity index (χ4v) is 1.64. The number of aryl methyl sites for hydroxylation is 1. The first-order chi connectivity index (χ1) is 7.61. The number of amides is 1. The smallest absolute Gasteiger partial charge is 0.252 e. The van der Waals surface area contributed by atoms with Gasteiger partial charge in [-0.15, -0.1) is 12.4 Å². The zero-order valence-corrected chi connectivity index (χ0v) is 10.5. The van der Waals surface area contributed by atoms with E-state index in [0.717, 1.165) is 10.9 Å². The summed E-state index contributed by atoms with van der Waals surface area (Å²) in [5.41, 5.74) is 6.48. The van der Waals surface area contributed by atoms with Crippen molar-refractivity contribution in [3.05, 3.63) is 23.9 Å². The van der Waals surface area contributed by atoms with E-state index in [0.29, 0.717) is 17.9 Å². The summed E-state index contributed by atoms with van der Waals surface area (Å²) < 4.78 is 7.05. The van der Waals surface area contributed by atoms with Gasteiger partial charge in [-0.1, -0.05) is 0 Å². The van der Waals surface area contributed by atoms with Crippen molar-refractivity contribution >= 4 is 29.2 Å². The van der Waals surface area contributed by atoms with Crippen LogP contribution in [0.4, 0.5) is 0 Å². The Morgan fingerprint density at radius 1 is 1.53 bits per heavy atom. The van der Waals surface area contributed by atoms with Crippen LogP contribution in [0.1, 0.15) is 17.3 Å². The van der Waals surface area contributed by atoms with Gasteiger partial charge in [-0.25, -0.2) is 0 Å². The van der Waals surface area contributed by atoms with Crippen LogP contribution in [0.25, 0.3) is 10.9 Å². The molecule has 0 bridgehead atoms. The molecule has 0 saturated carbocycles. The summed E-state index contributed by atoms with van der Waals surface area (Å²) in [6, 6.07) is 3.44. The van der Waals surface area contributed by atoms with Crippen LogP contribution in [0.3, 0.4) is 0 Å². The Kier molecular flexibility index (Phi) is 3.96. The van der Waals surface area contributed by atoms with Gasteiger partial charge in [0.25, 0.3) is 5.91 Å². The highest BCUT2D eigenvalue weighted by atomic mass is 35.5. The Hall–Kier alpha value is -1.75. The van der Waals surface area contributed by atoms with Crippen molar-refractivity contribution < 1.29 is 9.53 Å². The van der Waals surface area contributed by atoms with E-state index in [1.807, 2.05) is 20.2 Å². The maximum absolute atomic E-state index is 11.3. The maximum Gasteiger partial charge on any atom is 0.252 e. The number of aromatic nitrogens is 2. The zero-order chi connectivity index (χ0) is 11.7. The third-order valence-electron chi connectivity index (χ3n) is 2.29. The van der Waals surface area contributed by atoms with Crippen LogP contribution in [0.2, 0.25) is 0 Å². The monoisotopic (exact) mass is 255 g/mol. The largest absolute Gasteiger partial charge is 0.493 e. The molecule has 0 radical (unpaired) electrons. The number of primary amides is 1. The molecule has 2 rings (SSSR count). The van der Waals surface area contributed by atoms with Gasteiger partial charge in [0, 0.05) is 24.7 Å². The average molecular weight is 256 g/mol. The molecule has 1 aromatic heterocycles. The first-order valence-electron chi connectivity index (χ1n) is 5.02. The first-order valence-corrected chi connectivity index (χ1v) is 5.02. The number of halogens is 1. The number of rotatable bonds is 3. The molecule has 0 aliphatic carbocycles. The molecule has 2 aromatic rings. The molecule has 0 aliphatic heterocycles. The topological polar surface area (TPSA) is 70.1 Å². The Balaban J connectivity index is 0.00000144. The number of fused-ring (bicyclic) bond motifs is 1. The molecule has 0 saturated heterocycles. The van der Waals surface area contributed by atoms with E-state index in [2.05, 4.69) is 5.10 Å². The third-order valence-corrected chi connectivity index (χ3v) is 2.29. The molecular formula is C11H14ClN3O2. The molecule has 92 valence electrons. The Bertz CT molecular complexity index is 551. The van der Waals surface area contributed by atoms with Crippen molar-refractivity contribution in [1.29, 1.82) is 0 Å². The van der Waals surface area contributed by atoms with Crippen LogP contribution in [-0.2, 0) is 7.05 Å². The summed E-state index contributed by atoms with van der Waals surface area (Å²) in [7, 11) is 1.82. The van der Waals surface area contributed by atoms with Crippen LogP contribution in [0, 0.1) is 0 Å². The highest BCUT2D eigenvalue weighted by Crippen LogP contribution is 2.24. The molecule has 1 aromatic carbocycles. The minimum atomic E-state index is -0.491. The fraction of sp³-hybridized carbons (Fsp3) is 0.273. The van der Waals surface area contributed by atoms with Crippen LogP contribution in [-0.4, -0.2) is 22.3 Å². The number of hydrogen-bond donors (Lipinski definition) is 1. The van der Waals surface area contributed by atoms with E-state index < -0.39 is 5.91 Å². The van der Waals surface area contributed by atoms with Gasteiger partial charge in [-0.05, 0) is 13.0 Å². The van der Waals surface area contributed by atoms with E-state index in [1.54, 1.807) is 16.8 Å².